The van der Waals surface area contributed by atoms with Gasteiger partial charge in [-0.2, -0.15) is 26.3 Å². The third-order valence-corrected chi connectivity index (χ3v) is 13.4. The quantitative estimate of drug-likeness (QED) is 0.141. The molecular weight excluding hydrogens is 1060 g/mol. The normalized spacial score (nSPS) is 37.4. The standard InChI is InChI=1S/C16H26O2.C13H18F6O.C6H8O3.I2.HI.V/c1-10-11(2)13-8-12(10)9-14(13)15(17)18-16(3)6-4-5-7-16;1-6-7(2)10-4-8(6)3-9(10)5-11(20,12(14,15)16)13(17,18)19;1-3-4(2)6(8)9-5(3)7;1-2;;/h10-14H,4-9H2,1-3H3;6-10,20H,3-5H2,1-2H3;3-4H,1-2H3;;1H;/p-1. The minimum absolute atomic E-state index is 0. The van der Waals surface area contributed by atoms with Crippen LogP contribution in [0.4, 0.5) is 26.3 Å². The Balaban J connectivity index is 0.000000387. The molecule has 4 bridgehead atoms. The van der Waals surface area contributed by atoms with Crippen molar-refractivity contribution in [2.45, 2.75) is 130 Å². The maximum Gasteiger partial charge on any atom is 0.426 e. The molecule has 6 aliphatic rings. The summed E-state index contributed by atoms with van der Waals surface area (Å²) in [5, 5.41) is 9.28. The molecule has 0 amide bonds. The van der Waals surface area contributed by atoms with Crippen LogP contribution in [-0.2, 0) is 42.4 Å². The van der Waals surface area contributed by atoms with Gasteiger partial charge in [-0.05, 0) is 118 Å². The molecule has 1 saturated heterocycles. The maximum atomic E-state index is 12.7. The van der Waals surface area contributed by atoms with E-state index in [1.165, 1.54) is 19.3 Å². The van der Waals surface area contributed by atoms with Crippen LogP contribution in [0.25, 0.3) is 0 Å². The van der Waals surface area contributed by atoms with Crippen LogP contribution >= 0.6 is 37.2 Å². The first-order valence-corrected chi connectivity index (χ1v) is 23.8. The first kappa shape index (κ1) is 49.9. The molecule has 6 fully saturated rings. The summed E-state index contributed by atoms with van der Waals surface area (Å²) in [6, 6.07) is 0. The van der Waals surface area contributed by atoms with Gasteiger partial charge in [0.15, 0.2) is 0 Å². The molecule has 297 valence electrons. The number of rotatable bonds is 4. The Morgan fingerprint density at radius 3 is 1.53 bits per heavy atom. The van der Waals surface area contributed by atoms with E-state index in [2.05, 4.69) is 62.7 Å². The summed E-state index contributed by atoms with van der Waals surface area (Å²) in [6.07, 6.45) is -4.71. The fourth-order valence-corrected chi connectivity index (χ4v) is 9.55. The number of esters is 3. The summed E-state index contributed by atoms with van der Waals surface area (Å²) in [6.45, 7) is 14.1. The first-order valence-electron chi connectivity index (χ1n) is 17.5. The Bertz CT molecular complexity index is 1150. The van der Waals surface area contributed by atoms with Crippen molar-refractivity contribution < 1.29 is 97.8 Å². The van der Waals surface area contributed by atoms with E-state index in [0.717, 1.165) is 31.1 Å². The second kappa shape index (κ2) is 19.4. The van der Waals surface area contributed by atoms with Gasteiger partial charge in [-0.15, -0.1) is 0 Å². The van der Waals surface area contributed by atoms with Gasteiger partial charge in [0.1, 0.15) is 5.60 Å². The minimum atomic E-state index is -5.69. The molecule has 0 aromatic rings. The van der Waals surface area contributed by atoms with Crippen LogP contribution in [0.5, 0.6) is 0 Å². The summed E-state index contributed by atoms with van der Waals surface area (Å²) in [4.78, 5) is 33.5. The van der Waals surface area contributed by atoms with E-state index in [9.17, 15) is 45.8 Å². The number of aliphatic hydroxyl groups is 1. The number of cyclic esters (lactones) is 2. The maximum absolute atomic E-state index is 12.7. The van der Waals surface area contributed by atoms with Gasteiger partial charge in [0.05, 0.1) is 17.8 Å². The van der Waals surface area contributed by atoms with E-state index in [1.807, 2.05) is 13.8 Å². The van der Waals surface area contributed by atoms with E-state index >= 15 is 0 Å². The zero-order valence-electron chi connectivity index (χ0n) is 30.1. The number of hydrogen-bond acceptors (Lipinski definition) is 6. The number of ether oxygens (including phenoxy) is 2. The molecule has 1 radical (unpaired) electrons. The molecule has 16 heteroatoms. The van der Waals surface area contributed by atoms with Crippen molar-refractivity contribution in [2.24, 2.45) is 71.0 Å². The van der Waals surface area contributed by atoms with Crippen molar-refractivity contribution >= 4 is 55.1 Å². The number of halogens is 9. The average Bonchev–Trinajstić information content (AvgIpc) is 3.86. The third-order valence-electron chi connectivity index (χ3n) is 13.4. The van der Waals surface area contributed by atoms with Crippen LogP contribution in [0.15, 0.2) is 0 Å². The van der Waals surface area contributed by atoms with Crippen molar-refractivity contribution in [3.63, 3.8) is 0 Å². The van der Waals surface area contributed by atoms with Crippen LogP contribution in [-0.4, -0.2) is 46.6 Å². The molecule has 0 spiro atoms. The molecule has 5 aliphatic carbocycles. The van der Waals surface area contributed by atoms with Crippen molar-refractivity contribution in [2.75, 3.05) is 0 Å². The molecule has 0 aromatic carbocycles. The van der Waals surface area contributed by atoms with E-state index in [-0.39, 0.29) is 89.6 Å². The Kier molecular flexibility index (Phi) is 19.0. The van der Waals surface area contributed by atoms with E-state index in [0.29, 0.717) is 30.6 Å². The topological polar surface area (TPSA) is 89.9 Å². The first-order chi connectivity index (χ1) is 22.5. The predicted octanol–water partition coefficient (Wildman–Crippen LogP) is 7.07. The summed E-state index contributed by atoms with van der Waals surface area (Å²) in [7, 11) is 0. The largest absolute Gasteiger partial charge is 1.00 e. The zero-order chi connectivity index (χ0) is 37.4. The van der Waals surface area contributed by atoms with Gasteiger partial charge in [0.2, 0.25) is 0 Å². The number of hydrogen-bond donors (Lipinski definition) is 1. The second-order valence-electron chi connectivity index (χ2n) is 16.0. The van der Waals surface area contributed by atoms with Crippen LogP contribution in [0, 0.1) is 71.0 Å². The Morgan fingerprint density at radius 2 is 1.20 bits per heavy atom. The fourth-order valence-electron chi connectivity index (χ4n) is 9.55. The molecule has 0 aromatic heterocycles. The van der Waals surface area contributed by atoms with E-state index in [4.69, 9.17) is 4.74 Å². The monoisotopic (exact) mass is 1110 g/mol. The molecule has 12 atom stereocenters. The summed E-state index contributed by atoms with van der Waals surface area (Å²) in [5.74, 6) is 1.70. The third kappa shape index (κ3) is 10.9. The molecule has 12 unspecified atom stereocenters. The number of alkyl halides is 6. The fraction of sp³-hybridized carbons (Fsp3) is 0.914. The zero-order valence-corrected chi connectivity index (χ0v) is 38.0. The van der Waals surface area contributed by atoms with E-state index in [1.54, 1.807) is 13.8 Å². The molecule has 51 heavy (non-hydrogen) atoms. The van der Waals surface area contributed by atoms with Crippen LogP contribution in [0.2, 0.25) is 0 Å². The summed E-state index contributed by atoms with van der Waals surface area (Å²) in [5.41, 5.74) is -4.73. The molecule has 1 heterocycles. The van der Waals surface area contributed by atoms with E-state index < -0.39 is 42.2 Å². The van der Waals surface area contributed by atoms with Gasteiger partial charge >= 0.3 is 30.3 Å². The van der Waals surface area contributed by atoms with Crippen LogP contribution in [0.1, 0.15) is 106 Å². The smallest absolute Gasteiger partial charge is 0.426 e. The van der Waals surface area contributed by atoms with Crippen LogP contribution < -0.4 is 24.0 Å². The minimum Gasteiger partial charge on any atom is -1.00 e. The SMILES string of the molecule is CC1C(=O)OC(=O)C1C.CC1C2CC(C(=O)OC3(C)CCCC3)C(C2)C1C.CC1C2CC(CC(O)(C(F)(F)F)C(F)(F)F)C(C2)C1C.II.[I-].[V]. The molecular formula is C35H52F6I3O6V-. The number of carbonyl (C=O) groups excluding carboxylic acids is 3. The Hall–Kier alpha value is 0.924. The van der Waals surface area contributed by atoms with Crippen LogP contribution in [0.3, 0.4) is 0 Å². The van der Waals surface area contributed by atoms with Crippen molar-refractivity contribution in [3.05, 3.63) is 0 Å². The molecule has 1 N–H and O–H groups in total. The van der Waals surface area contributed by atoms with Gasteiger partial charge in [-0.1, -0.05) is 41.5 Å². The number of fused-ring (bicyclic) bond motifs is 4. The van der Waals surface area contributed by atoms with Crippen molar-refractivity contribution in [3.8, 4) is 0 Å². The molecule has 6 rings (SSSR count). The summed E-state index contributed by atoms with van der Waals surface area (Å²) < 4.78 is 86.4. The predicted molar refractivity (Wildman–Crippen MR) is 188 cm³/mol. The van der Waals surface area contributed by atoms with Gasteiger partial charge in [-0.3, -0.25) is 14.4 Å². The Labute approximate surface area is 350 Å². The van der Waals surface area contributed by atoms with Gasteiger partial charge in [0.25, 0.3) is 5.60 Å². The van der Waals surface area contributed by atoms with Gasteiger partial charge in [-0.25, -0.2) is 0 Å². The van der Waals surface area contributed by atoms with Gasteiger partial charge < -0.3 is 38.6 Å². The molecule has 6 nitrogen and oxygen atoms in total. The molecule has 5 saturated carbocycles. The summed E-state index contributed by atoms with van der Waals surface area (Å²) >= 11 is 4.24. The number of carbonyl (C=O) groups is 3. The average molecular weight is 1110 g/mol. The Morgan fingerprint density at radius 1 is 0.784 bits per heavy atom. The van der Waals surface area contributed by atoms with Gasteiger partial charge in [0, 0.05) is 55.8 Å². The van der Waals surface area contributed by atoms with Crippen molar-refractivity contribution in [1.82, 2.24) is 0 Å². The second-order valence-corrected chi connectivity index (χ2v) is 16.0. The van der Waals surface area contributed by atoms with Crippen molar-refractivity contribution in [1.29, 1.82) is 0 Å². The molecule has 1 aliphatic heterocycles.